The van der Waals surface area contributed by atoms with Gasteiger partial charge in [0, 0.05) is 17.8 Å². The lowest BCUT2D eigenvalue weighted by molar-refractivity contribution is -0.385. The molecule has 0 atom stereocenters. The summed E-state index contributed by atoms with van der Waals surface area (Å²) in [6.07, 6.45) is 2.84. The van der Waals surface area contributed by atoms with Crippen molar-refractivity contribution in [3.63, 3.8) is 0 Å². The van der Waals surface area contributed by atoms with E-state index in [1.807, 2.05) is 12.1 Å². The molecule has 1 aromatic heterocycles. The molecule has 1 amide bonds. The van der Waals surface area contributed by atoms with Gasteiger partial charge in [-0.1, -0.05) is 12.1 Å². The van der Waals surface area contributed by atoms with Gasteiger partial charge >= 0.3 is 5.69 Å². The number of carbonyl (C=O) groups excluding carboxylic acids is 1. The molecule has 0 saturated heterocycles. The molecule has 1 heterocycles. The molecule has 0 bridgehead atoms. The summed E-state index contributed by atoms with van der Waals surface area (Å²) < 4.78 is 11.8. The van der Waals surface area contributed by atoms with E-state index in [1.54, 1.807) is 44.5 Å². The number of nitrogens with zero attached hydrogens (tertiary/aromatic N) is 3. The van der Waals surface area contributed by atoms with Crippen molar-refractivity contribution in [1.82, 2.24) is 9.99 Å². The van der Waals surface area contributed by atoms with Crippen LogP contribution in [-0.2, 0) is 6.54 Å². The molecule has 3 aromatic rings. The smallest absolute Gasteiger partial charge is 0.311 e. The fourth-order valence-corrected chi connectivity index (χ4v) is 3.02. The number of hydrazone groups is 1. The van der Waals surface area contributed by atoms with Crippen molar-refractivity contribution in [1.29, 1.82) is 0 Å². The maximum Gasteiger partial charge on any atom is 0.311 e. The molecule has 0 aliphatic heterocycles. The zero-order chi connectivity index (χ0) is 23.8. The van der Waals surface area contributed by atoms with Gasteiger partial charge in [-0.2, -0.15) is 5.10 Å². The van der Waals surface area contributed by atoms with Crippen LogP contribution < -0.4 is 20.5 Å². The monoisotopic (exact) mass is 450 g/mol. The summed E-state index contributed by atoms with van der Waals surface area (Å²) in [5.41, 5.74) is 2.76. The third kappa shape index (κ3) is 5.82. The number of aromatic nitrogens is 1. The van der Waals surface area contributed by atoms with E-state index in [9.17, 15) is 19.7 Å². The third-order valence-corrected chi connectivity index (χ3v) is 4.64. The standard InChI is InChI=1S/C23H22N4O6/c1-3-33-21-11-8-17(13-20(21)27(30)31)14-24-25-22(28)19-5-4-12-26(23(19)29)15-16-6-9-18(32-2)10-7-16/h4-14H,3,15H2,1-2H3,(H,25,28)/b24-14-. The van der Waals surface area contributed by atoms with Gasteiger partial charge in [-0.05, 0) is 48.9 Å². The lowest BCUT2D eigenvalue weighted by Gasteiger charge is -2.08. The Bertz CT molecular complexity index is 1230. The Kier molecular flexibility index (Phi) is 7.53. The van der Waals surface area contributed by atoms with Gasteiger partial charge in [0.2, 0.25) is 0 Å². The second-order valence-electron chi connectivity index (χ2n) is 6.82. The topological polar surface area (TPSA) is 125 Å². The van der Waals surface area contributed by atoms with Crippen molar-refractivity contribution < 1.29 is 19.2 Å². The van der Waals surface area contributed by atoms with Crippen LogP contribution >= 0.6 is 0 Å². The lowest BCUT2D eigenvalue weighted by atomic mass is 10.2. The van der Waals surface area contributed by atoms with Gasteiger partial charge in [-0.25, -0.2) is 5.43 Å². The first-order chi connectivity index (χ1) is 15.9. The quantitative estimate of drug-likeness (QED) is 0.304. The van der Waals surface area contributed by atoms with Crippen LogP contribution in [0.3, 0.4) is 0 Å². The highest BCUT2D eigenvalue weighted by molar-refractivity contribution is 5.94. The number of carbonyl (C=O) groups is 1. The van der Waals surface area contributed by atoms with Crippen molar-refractivity contribution in [3.05, 3.63) is 98.0 Å². The van der Waals surface area contributed by atoms with E-state index in [1.165, 1.54) is 29.0 Å². The molecule has 0 radical (unpaired) electrons. The molecular formula is C23H22N4O6. The van der Waals surface area contributed by atoms with Gasteiger partial charge in [-0.15, -0.1) is 0 Å². The minimum Gasteiger partial charge on any atom is -0.497 e. The Morgan fingerprint density at radius 1 is 1.21 bits per heavy atom. The van der Waals surface area contributed by atoms with Crippen LogP contribution in [0.2, 0.25) is 0 Å². The number of pyridine rings is 1. The first kappa shape index (κ1) is 23.2. The predicted molar refractivity (Wildman–Crippen MR) is 122 cm³/mol. The van der Waals surface area contributed by atoms with E-state index >= 15 is 0 Å². The fourth-order valence-electron chi connectivity index (χ4n) is 3.02. The number of rotatable bonds is 9. The highest BCUT2D eigenvalue weighted by Crippen LogP contribution is 2.27. The first-order valence-electron chi connectivity index (χ1n) is 10.00. The molecule has 0 aliphatic rings. The molecule has 1 N–H and O–H groups in total. The SMILES string of the molecule is CCOc1ccc(/C=N\NC(=O)c2cccn(Cc3ccc(OC)cc3)c2=O)cc1[N+](=O)[O-]. The first-order valence-corrected chi connectivity index (χ1v) is 10.00. The highest BCUT2D eigenvalue weighted by atomic mass is 16.6. The average Bonchev–Trinajstić information content (AvgIpc) is 2.81. The predicted octanol–water partition coefficient (Wildman–Crippen LogP) is 2.98. The van der Waals surface area contributed by atoms with Gasteiger partial charge in [0.25, 0.3) is 11.5 Å². The van der Waals surface area contributed by atoms with Crippen LogP contribution in [-0.4, -0.2) is 35.3 Å². The number of nitro groups is 1. The molecule has 2 aromatic carbocycles. The summed E-state index contributed by atoms with van der Waals surface area (Å²) in [5, 5.41) is 15.0. The van der Waals surface area contributed by atoms with Crippen LogP contribution in [0, 0.1) is 10.1 Å². The van der Waals surface area contributed by atoms with Crippen molar-refractivity contribution in [3.8, 4) is 11.5 Å². The molecule has 33 heavy (non-hydrogen) atoms. The summed E-state index contributed by atoms with van der Waals surface area (Å²) in [4.78, 5) is 35.9. The van der Waals surface area contributed by atoms with Gasteiger partial charge in [-0.3, -0.25) is 19.7 Å². The van der Waals surface area contributed by atoms with E-state index < -0.39 is 16.4 Å². The number of ether oxygens (including phenoxy) is 2. The minimum absolute atomic E-state index is 0.0826. The van der Waals surface area contributed by atoms with Crippen molar-refractivity contribution in [2.45, 2.75) is 13.5 Å². The molecule has 0 spiro atoms. The normalized spacial score (nSPS) is 10.7. The molecule has 0 fully saturated rings. The van der Waals surface area contributed by atoms with Crippen molar-refractivity contribution in [2.75, 3.05) is 13.7 Å². The van der Waals surface area contributed by atoms with Crippen LogP contribution in [0.15, 0.2) is 70.7 Å². The van der Waals surface area contributed by atoms with Gasteiger partial charge in [0.05, 0.1) is 31.4 Å². The zero-order valence-corrected chi connectivity index (χ0v) is 18.1. The fraction of sp³-hybridized carbons (Fsp3) is 0.174. The number of nitro benzene ring substituents is 1. The summed E-state index contributed by atoms with van der Waals surface area (Å²) >= 11 is 0. The number of hydrogen-bond acceptors (Lipinski definition) is 7. The van der Waals surface area contributed by atoms with E-state index in [0.29, 0.717) is 11.3 Å². The van der Waals surface area contributed by atoms with Gasteiger partial charge in [0.15, 0.2) is 5.75 Å². The second-order valence-corrected chi connectivity index (χ2v) is 6.82. The molecule has 170 valence electrons. The average molecular weight is 450 g/mol. The van der Waals surface area contributed by atoms with E-state index in [0.717, 1.165) is 5.56 Å². The van der Waals surface area contributed by atoms with E-state index in [2.05, 4.69) is 10.5 Å². The second kappa shape index (κ2) is 10.7. The molecule has 0 unspecified atom stereocenters. The summed E-state index contributed by atoms with van der Waals surface area (Å²) in [5.74, 6) is 0.154. The lowest BCUT2D eigenvalue weighted by Crippen LogP contribution is -2.30. The minimum atomic E-state index is -0.694. The molecule has 10 heteroatoms. The molecular weight excluding hydrogens is 428 g/mol. The number of amides is 1. The van der Waals surface area contributed by atoms with Crippen LogP contribution in [0.4, 0.5) is 5.69 Å². The number of hydrogen-bond donors (Lipinski definition) is 1. The maximum atomic E-state index is 12.7. The Hall–Kier alpha value is -4.47. The Labute approximate surface area is 189 Å². The van der Waals surface area contributed by atoms with E-state index in [4.69, 9.17) is 9.47 Å². The summed E-state index contributed by atoms with van der Waals surface area (Å²) in [6, 6.07) is 14.5. The summed E-state index contributed by atoms with van der Waals surface area (Å²) in [7, 11) is 1.57. The Morgan fingerprint density at radius 3 is 2.64 bits per heavy atom. The Morgan fingerprint density at radius 2 is 1.97 bits per heavy atom. The van der Waals surface area contributed by atoms with Crippen LogP contribution in [0.25, 0.3) is 0 Å². The molecule has 0 aliphatic carbocycles. The molecule has 10 nitrogen and oxygen atoms in total. The van der Waals surface area contributed by atoms with E-state index in [-0.39, 0.29) is 30.2 Å². The number of methoxy groups -OCH3 is 1. The third-order valence-electron chi connectivity index (χ3n) is 4.64. The Balaban J connectivity index is 1.72. The maximum absolute atomic E-state index is 12.7. The van der Waals surface area contributed by atoms with Crippen LogP contribution in [0.5, 0.6) is 11.5 Å². The largest absolute Gasteiger partial charge is 0.497 e. The number of nitrogens with one attached hydrogen (secondary N) is 1. The van der Waals surface area contributed by atoms with Gasteiger partial charge < -0.3 is 14.0 Å². The van der Waals surface area contributed by atoms with Gasteiger partial charge in [0.1, 0.15) is 11.3 Å². The molecule has 0 saturated carbocycles. The van der Waals surface area contributed by atoms with Crippen LogP contribution in [0.1, 0.15) is 28.4 Å². The number of benzene rings is 2. The highest BCUT2D eigenvalue weighted by Gasteiger charge is 2.15. The zero-order valence-electron chi connectivity index (χ0n) is 18.1. The van der Waals surface area contributed by atoms with Crippen molar-refractivity contribution in [2.24, 2.45) is 5.10 Å². The molecule has 3 rings (SSSR count). The summed E-state index contributed by atoms with van der Waals surface area (Å²) in [6.45, 7) is 2.30. The van der Waals surface area contributed by atoms with Crippen molar-refractivity contribution >= 4 is 17.8 Å².